The summed E-state index contributed by atoms with van der Waals surface area (Å²) in [4.78, 5) is 0. The third-order valence-electron chi connectivity index (χ3n) is 5.10. The molecule has 0 spiro atoms. The summed E-state index contributed by atoms with van der Waals surface area (Å²) in [6, 6.07) is 0. The third-order valence-corrected chi connectivity index (χ3v) is 5.10. The van der Waals surface area contributed by atoms with Crippen molar-refractivity contribution < 1.29 is 5.11 Å². The molecule has 4 saturated carbocycles. The lowest BCUT2D eigenvalue weighted by atomic mass is 9.48. The van der Waals surface area contributed by atoms with E-state index in [9.17, 15) is 5.11 Å². The van der Waals surface area contributed by atoms with E-state index in [1.54, 1.807) is 0 Å². The maximum Gasteiger partial charge on any atom is 0.0734 e. The first-order valence-corrected chi connectivity index (χ1v) is 6.33. The molecule has 3 heteroatoms. The van der Waals surface area contributed by atoms with Gasteiger partial charge in [0.15, 0.2) is 0 Å². The van der Waals surface area contributed by atoms with Crippen LogP contribution in [0.25, 0.3) is 0 Å². The van der Waals surface area contributed by atoms with Crippen molar-refractivity contribution in [3.63, 3.8) is 0 Å². The molecule has 4 aliphatic rings. The van der Waals surface area contributed by atoms with Crippen LogP contribution in [-0.4, -0.2) is 17.8 Å². The number of hydrogen-bond acceptors (Lipinski definition) is 3. The van der Waals surface area contributed by atoms with Gasteiger partial charge in [0, 0.05) is 6.54 Å². The van der Waals surface area contributed by atoms with Gasteiger partial charge in [-0.05, 0) is 61.7 Å². The Labute approximate surface area is 91.4 Å². The van der Waals surface area contributed by atoms with Crippen LogP contribution in [0.3, 0.4) is 0 Å². The maximum atomic E-state index is 10.3. The molecule has 4 bridgehead atoms. The number of aliphatic hydroxyl groups excluding tert-OH is 1. The van der Waals surface area contributed by atoms with E-state index in [4.69, 9.17) is 5.84 Å². The van der Waals surface area contributed by atoms with E-state index in [2.05, 4.69) is 5.43 Å². The van der Waals surface area contributed by atoms with Crippen LogP contribution >= 0.6 is 0 Å². The van der Waals surface area contributed by atoms with Crippen LogP contribution in [0.15, 0.2) is 0 Å². The lowest BCUT2D eigenvalue weighted by molar-refractivity contribution is -0.118. The van der Waals surface area contributed by atoms with Gasteiger partial charge in [-0.25, -0.2) is 0 Å². The predicted octanol–water partition coefficient (Wildman–Crippen LogP) is 1.03. The average Bonchev–Trinajstić information content (AvgIpc) is 2.15. The standard InChI is InChI=1S/C12H22N2O/c13-14-7-11(15)12-4-8-1-9(5-12)3-10(2-8)6-12/h8-11,14-15H,1-7,13H2. The van der Waals surface area contributed by atoms with Gasteiger partial charge in [-0.2, -0.15) is 0 Å². The van der Waals surface area contributed by atoms with Crippen molar-refractivity contribution in [2.75, 3.05) is 6.54 Å². The van der Waals surface area contributed by atoms with Gasteiger partial charge in [0.05, 0.1) is 6.10 Å². The van der Waals surface area contributed by atoms with Crippen molar-refractivity contribution in [2.45, 2.75) is 44.6 Å². The Bertz CT molecular complexity index is 219. The van der Waals surface area contributed by atoms with Crippen LogP contribution in [0.1, 0.15) is 38.5 Å². The molecule has 0 aromatic heterocycles. The first-order valence-electron chi connectivity index (χ1n) is 6.33. The molecule has 0 radical (unpaired) electrons. The highest BCUT2D eigenvalue weighted by atomic mass is 16.3. The van der Waals surface area contributed by atoms with Crippen LogP contribution < -0.4 is 11.3 Å². The molecule has 0 saturated heterocycles. The number of aliphatic hydroxyl groups is 1. The fourth-order valence-electron chi connectivity index (χ4n) is 4.91. The molecule has 0 heterocycles. The molecule has 4 N–H and O–H groups in total. The summed E-state index contributed by atoms with van der Waals surface area (Å²) in [6.07, 6.45) is 7.83. The van der Waals surface area contributed by atoms with E-state index >= 15 is 0 Å². The van der Waals surface area contributed by atoms with E-state index < -0.39 is 0 Å². The van der Waals surface area contributed by atoms with Crippen molar-refractivity contribution >= 4 is 0 Å². The monoisotopic (exact) mass is 210 g/mol. The summed E-state index contributed by atoms with van der Waals surface area (Å²) < 4.78 is 0. The van der Waals surface area contributed by atoms with E-state index in [1.165, 1.54) is 38.5 Å². The first-order chi connectivity index (χ1) is 7.22. The van der Waals surface area contributed by atoms with E-state index in [1.807, 2.05) is 0 Å². The normalized spacial score (nSPS) is 49.6. The van der Waals surface area contributed by atoms with Gasteiger partial charge in [-0.15, -0.1) is 0 Å². The minimum Gasteiger partial charge on any atom is -0.391 e. The minimum absolute atomic E-state index is 0.223. The molecule has 0 aliphatic heterocycles. The van der Waals surface area contributed by atoms with Crippen molar-refractivity contribution in [3.05, 3.63) is 0 Å². The molecule has 0 aromatic carbocycles. The molecule has 4 aliphatic carbocycles. The third kappa shape index (κ3) is 1.52. The molecule has 3 nitrogen and oxygen atoms in total. The number of rotatable bonds is 3. The smallest absolute Gasteiger partial charge is 0.0734 e. The Balaban J connectivity index is 1.80. The molecule has 1 atom stereocenters. The number of nitrogens with two attached hydrogens (primary N) is 1. The summed E-state index contributed by atoms with van der Waals surface area (Å²) in [6.45, 7) is 0.562. The van der Waals surface area contributed by atoms with Gasteiger partial charge in [0.25, 0.3) is 0 Å². The predicted molar refractivity (Wildman–Crippen MR) is 58.8 cm³/mol. The Hall–Kier alpha value is -0.120. The Morgan fingerprint density at radius 3 is 2.00 bits per heavy atom. The summed E-state index contributed by atoms with van der Waals surface area (Å²) in [7, 11) is 0. The van der Waals surface area contributed by atoms with Crippen LogP contribution in [0.5, 0.6) is 0 Å². The molecule has 4 rings (SSSR count). The fourth-order valence-corrected chi connectivity index (χ4v) is 4.91. The summed E-state index contributed by atoms with van der Waals surface area (Å²) >= 11 is 0. The Kier molecular flexibility index (Phi) is 2.31. The molecule has 86 valence electrons. The van der Waals surface area contributed by atoms with Crippen molar-refractivity contribution in [1.29, 1.82) is 0 Å². The highest BCUT2D eigenvalue weighted by Crippen LogP contribution is 2.61. The molecular formula is C12H22N2O. The second-order valence-corrected chi connectivity index (χ2v) is 6.20. The zero-order valence-electron chi connectivity index (χ0n) is 9.28. The Morgan fingerprint density at radius 1 is 1.13 bits per heavy atom. The average molecular weight is 210 g/mol. The van der Waals surface area contributed by atoms with Gasteiger partial charge in [0.2, 0.25) is 0 Å². The largest absolute Gasteiger partial charge is 0.391 e. The van der Waals surface area contributed by atoms with Gasteiger partial charge in [-0.1, -0.05) is 0 Å². The molecule has 0 amide bonds. The summed E-state index contributed by atoms with van der Waals surface area (Å²) in [5.41, 5.74) is 2.87. The van der Waals surface area contributed by atoms with Crippen LogP contribution in [-0.2, 0) is 0 Å². The van der Waals surface area contributed by atoms with E-state index in [0.717, 1.165) is 17.8 Å². The molecule has 4 fully saturated rings. The molecule has 1 unspecified atom stereocenters. The van der Waals surface area contributed by atoms with E-state index in [-0.39, 0.29) is 11.5 Å². The van der Waals surface area contributed by atoms with E-state index in [0.29, 0.717) is 6.54 Å². The number of hydrogen-bond donors (Lipinski definition) is 3. The van der Waals surface area contributed by atoms with Crippen molar-refractivity contribution in [3.8, 4) is 0 Å². The van der Waals surface area contributed by atoms with Gasteiger partial charge >= 0.3 is 0 Å². The highest BCUT2D eigenvalue weighted by Gasteiger charge is 2.53. The van der Waals surface area contributed by atoms with Crippen LogP contribution in [0, 0.1) is 23.2 Å². The summed E-state index contributed by atoms with van der Waals surface area (Å²) in [5.74, 6) is 8.06. The second-order valence-electron chi connectivity index (χ2n) is 6.20. The quantitative estimate of drug-likeness (QED) is 0.481. The Morgan fingerprint density at radius 2 is 1.60 bits per heavy atom. The zero-order valence-corrected chi connectivity index (χ0v) is 9.28. The lowest BCUT2D eigenvalue weighted by Crippen LogP contribution is -2.54. The lowest BCUT2D eigenvalue weighted by Gasteiger charge is -2.58. The number of hydrazine groups is 1. The topological polar surface area (TPSA) is 58.3 Å². The SMILES string of the molecule is NNCC(O)C12CC3CC(CC(C3)C1)C2. The molecule has 15 heavy (non-hydrogen) atoms. The first kappa shape index (κ1) is 10.1. The van der Waals surface area contributed by atoms with Gasteiger partial charge < -0.3 is 5.11 Å². The minimum atomic E-state index is -0.226. The highest BCUT2D eigenvalue weighted by molar-refractivity contribution is 5.04. The fraction of sp³-hybridized carbons (Fsp3) is 1.00. The second kappa shape index (κ2) is 3.44. The summed E-state index contributed by atoms with van der Waals surface area (Å²) in [5, 5.41) is 10.3. The van der Waals surface area contributed by atoms with Crippen LogP contribution in [0.4, 0.5) is 0 Å². The zero-order chi connectivity index (χ0) is 10.5. The van der Waals surface area contributed by atoms with Crippen molar-refractivity contribution in [1.82, 2.24) is 5.43 Å². The van der Waals surface area contributed by atoms with Gasteiger partial charge in [-0.3, -0.25) is 11.3 Å². The molecule has 0 aromatic rings. The number of nitrogens with one attached hydrogen (secondary N) is 1. The van der Waals surface area contributed by atoms with Gasteiger partial charge in [0.1, 0.15) is 0 Å². The van der Waals surface area contributed by atoms with Crippen molar-refractivity contribution in [2.24, 2.45) is 29.0 Å². The molecular weight excluding hydrogens is 188 g/mol. The maximum absolute atomic E-state index is 10.3. The van der Waals surface area contributed by atoms with Crippen LogP contribution in [0.2, 0.25) is 0 Å².